The van der Waals surface area contributed by atoms with Crippen LogP contribution in [-0.4, -0.2) is 13.1 Å². The van der Waals surface area contributed by atoms with Gasteiger partial charge in [-0.15, -0.1) is 0 Å². The topological polar surface area (TPSA) is 64.9 Å². The normalized spacial score (nSPS) is 9.44. The second kappa shape index (κ2) is 4.57. The Morgan fingerprint density at radius 2 is 2.12 bits per heavy atom. The van der Waals surface area contributed by atoms with Crippen LogP contribution in [0.1, 0.15) is 11.1 Å². The van der Waals surface area contributed by atoms with Gasteiger partial charge in [-0.05, 0) is 13.0 Å². The van der Waals surface area contributed by atoms with Gasteiger partial charge in [-0.25, -0.2) is 13.6 Å². The number of nitriles is 1. The van der Waals surface area contributed by atoms with Crippen LogP contribution in [0, 0.1) is 29.9 Å². The van der Waals surface area contributed by atoms with Crippen molar-refractivity contribution in [2.75, 3.05) is 12.4 Å². The Balaban J connectivity index is 3.31. The Bertz CT molecular complexity index is 480. The van der Waals surface area contributed by atoms with Crippen LogP contribution in [0.5, 0.6) is 0 Å². The summed E-state index contributed by atoms with van der Waals surface area (Å²) in [5.41, 5.74) is -0.263. The van der Waals surface area contributed by atoms with Gasteiger partial charge in [-0.3, -0.25) is 0 Å². The van der Waals surface area contributed by atoms with Crippen molar-refractivity contribution >= 4 is 11.7 Å². The minimum Gasteiger partial charge on any atom is -0.341 e. The predicted octanol–water partition coefficient (Wildman–Crippen LogP) is 1.90. The number of hydrogen-bond donors (Lipinski definition) is 2. The number of halogens is 2. The molecule has 0 aliphatic rings. The van der Waals surface area contributed by atoms with Crippen LogP contribution < -0.4 is 10.6 Å². The third-order valence-corrected chi connectivity index (χ3v) is 2.04. The Hall–Kier alpha value is -2.16. The molecule has 0 radical (unpaired) electrons. The van der Waals surface area contributed by atoms with Crippen LogP contribution >= 0.6 is 0 Å². The molecule has 0 unspecified atom stereocenters. The number of carbonyl (C=O) groups is 1. The first-order valence-corrected chi connectivity index (χ1v) is 4.38. The molecule has 0 heterocycles. The van der Waals surface area contributed by atoms with Gasteiger partial charge < -0.3 is 10.6 Å². The van der Waals surface area contributed by atoms with E-state index in [-0.39, 0.29) is 16.8 Å². The van der Waals surface area contributed by atoms with E-state index >= 15 is 0 Å². The number of nitrogens with zero attached hydrogens (tertiary/aromatic N) is 1. The summed E-state index contributed by atoms with van der Waals surface area (Å²) < 4.78 is 26.2. The molecule has 0 aliphatic heterocycles. The van der Waals surface area contributed by atoms with Crippen LogP contribution in [0.25, 0.3) is 0 Å². The maximum atomic E-state index is 13.2. The van der Waals surface area contributed by atoms with Gasteiger partial charge in [0.15, 0.2) is 11.6 Å². The Kier molecular flexibility index (Phi) is 3.40. The molecule has 1 rings (SSSR count). The first-order chi connectivity index (χ1) is 7.51. The maximum absolute atomic E-state index is 13.2. The van der Waals surface area contributed by atoms with Crippen LogP contribution in [0.3, 0.4) is 0 Å². The van der Waals surface area contributed by atoms with Crippen molar-refractivity contribution in [3.63, 3.8) is 0 Å². The molecule has 16 heavy (non-hydrogen) atoms. The predicted molar refractivity (Wildman–Crippen MR) is 53.9 cm³/mol. The van der Waals surface area contributed by atoms with Crippen molar-refractivity contribution in [2.24, 2.45) is 0 Å². The monoisotopic (exact) mass is 225 g/mol. The van der Waals surface area contributed by atoms with Crippen molar-refractivity contribution in [3.05, 3.63) is 28.8 Å². The number of carbonyl (C=O) groups excluding carboxylic acids is 1. The highest BCUT2D eigenvalue weighted by Crippen LogP contribution is 2.25. The van der Waals surface area contributed by atoms with Gasteiger partial charge in [0.2, 0.25) is 0 Å². The van der Waals surface area contributed by atoms with Crippen molar-refractivity contribution in [3.8, 4) is 6.07 Å². The summed E-state index contributed by atoms with van der Waals surface area (Å²) in [5.74, 6) is -2.19. The molecule has 0 aromatic heterocycles. The zero-order chi connectivity index (χ0) is 12.3. The van der Waals surface area contributed by atoms with E-state index in [0.717, 1.165) is 6.07 Å². The van der Waals surface area contributed by atoms with E-state index in [4.69, 9.17) is 5.26 Å². The van der Waals surface area contributed by atoms with E-state index in [1.54, 1.807) is 6.07 Å². The standard InChI is InChI=1S/C10H9F2N3O/c1-5-8(12)7(11)3-6(4-13)9(5)15-10(16)14-2/h3H,1-2H3,(H2,14,15,16). The third kappa shape index (κ3) is 2.08. The van der Waals surface area contributed by atoms with Crippen molar-refractivity contribution < 1.29 is 13.6 Å². The fourth-order valence-electron chi connectivity index (χ4n) is 1.18. The molecule has 0 saturated carbocycles. The van der Waals surface area contributed by atoms with Crippen molar-refractivity contribution in [1.29, 1.82) is 5.26 Å². The molecular formula is C10H9F2N3O. The van der Waals surface area contributed by atoms with Crippen LogP contribution in [-0.2, 0) is 0 Å². The third-order valence-electron chi connectivity index (χ3n) is 2.04. The number of amides is 2. The minimum atomic E-state index is -1.11. The lowest BCUT2D eigenvalue weighted by atomic mass is 10.1. The molecule has 2 N–H and O–H groups in total. The van der Waals surface area contributed by atoms with Crippen molar-refractivity contribution in [1.82, 2.24) is 5.32 Å². The molecule has 1 aromatic carbocycles. The Morgan fingerprint density at radius 3 is 2.62 bits per heavy atom. The van der Waals surface area contributed by atoms with Gasteiger partial charge in [0.25, 0.3) is 0 Å². The molecule has 4 nitrogen and oxygen atoms in total. The van der Waals surface area contributed by atoms with Gasteiger partial charge in [0.1, 0.15) is 6.07 Å². The summed E-state index contributed by atoms with van der Waals surface area (Å²) in [6.45, 7) is 1.28. The van der Waals surface area contributed by atoms with Crippen LogP contribution in [0.2, 0.25) is 0 Å². The molecule has 0 atom stereocenters. The van der Waals surface area contributed by atoms with Gasteiger partial charge in [0.05, 0.1) is 11.3 Å². The summed E-state index contributed by atoms with van der Waals surface area (Å²) in [6.07, 6.45) is 0. The molecule has 2 amide bonds. The maximum Gasteiger partial charge on any atom is 0.319 e. The molecule has 0 aliphatic carbocycles. The Morgan fingerprint density at radius 1 is 1.50 bits per heavy atom. The zero-order valence-electron chi connectivity index (χ0n) is 8.69. The van der Waals surface area contributed by atoms with E-state index < -0.39 is 17.7 Å². The van der Waals surface area contributed by atoms with Gasteiger partial charge >= 0.3 is 6.03 Å². The summed E-state index contributed by atoms with van der Waals surface area (Å²) in [7, 11) is 1.37. The van der Waals surface area contributed by atoms with E-state index in [1.165, 1.54) is 14.0 Å². The molecule has 6 heteroatoms. The average molecular weight is 225 g/mol. The fourth-order valence-corrected chi connectivity index (χ4v) is 1.18. The SMILES string of the molecule is CNC(=O)Nc1c(C#N)cc(F)c(F)c1C. The average Bonchev–Trinajstić information content (AvgIpc) is 2.29. The summed E-state index contributed by atoms with van der Waals surface area (Å²) in [4.78, 5) is 11.0. The molecule has 0 saturated heterocycles. The van der Waals surface area contributed by atoms with Gasteiger partial charge in [-0.2, -0.15) is 5.26 Å². The lowest BCUT2D eigenvalue weighted by Gasteiger charge is -2.10. The largest absolute Gasteiger partial charge is 0.341 e. The highest BCUT2D eigenvalue weighted by Gasteiger charge is 2.16. The lowest BCUT2D eigenvalue weighted by molar-refractivity contribution is 0.254. The quantitative estimate of drug-likeness (QED) is 0.766. The number of anilines is 1. The molecule has 0 fully saturated rings. The minimum absolute atomic E-state index is 0.0271. The second-order valence-corrected chi connectivity index (χ2v) is 3.04. The second-order valence-electron chi connectivity index (χ2n) is 3.04. The highest BCUT2D eigenvalue weighted by molar-refractivity contribution is 5.91. The number of nitrogens with one attached hydrogen (secondary N) is 2. The van der Waals surface area contributed by atoms with E-state index in [1.807, 2.05) is 0 Å². The number of benzene rings is 1. The smallest absolute Gasteiger partial charge is 0.319 e. The summed E-state index contributed by atoms with van der Waals surface area (Å²) in [5, 5.41) is 13.3. The van der Waals surface area contributed by atoms with Crippen LogP contribution in [0.15, 0.2) is 6.07 Å². The molecular weight excluding hydrogens is 216 g/mol. The number of urea groups is 1. The first kappa shape index (κ1) is 11.9. The highest BCUT2D eigenvalue weighted by atomic mass is 19.2. The van der Waals surface area contributed by atoms with Crippen molar-refractivity contribution in [2.45, 2.75) is 6.92 Å². The first-order valence-electron chi connectivity index (χ1n) is 4.38. The number of hydrogen-bond acceptors (Lipinski definition) is 2. The van der Waals surface area contributed by atoms with E-state index in [0.29, 0.717) is 0 Å². The number of rotatable bonds is 1. The van der Waals surface area contributed by atoms with E-state index in [2.05, 4.69) is 10.6 Å². The van der Waals surface area contributed by atoms with Gasteiger partial charge in [-0.1, -0.05) is 0 Å². The molecule has 1 aromatic rings. The summed E-state index contributed by atoms with van der Waals surface area (Å²) >= 11 is 0. The molecule has 0 bridgehead atoms. The zero-order valence-corrected chi connectivity index (χ0v) is 8.69. The van der Waals surface area contributed by atoms with Gasteiger partial charge in [0, 0.05) is 12.6 Å². The van der Waals surface area contributed by atoms with E-state index in [9.17, 15) is 13.6 Å². The molecule has 84 valence electrons. The van der Waals surface area contributed by atoms with Crippen LogP contribution in [0.4, 0.5) is 19.3 Å². The Labute approximate surface area is 90.9 Å². The fraction of sp³-hybridized carbons (Fsp3) is 0.200. The lowest BCUT2D eigenvalue weighted by Crippen LogP contribution is -2.25. The molecule has 0 spiro atoms. The summed E-state index contributed by atoms with van der Waals surface area (Å²) in [6, 6.07) is 1.82.